The number of halogens is 6. The zero-order chi connectivity index (χ0) is 33.8. The molecule has 0 unspecified atom stereocenters. The number of carbonyl (C=O) groups excluding carboxylic acids is 6. The first-order valence-electron chi connectivity index (χ1n) is 12.8. The molecule has 3 aromatic carbocycles. The third-order valence-corrected chi connectivity index (χ3v) is 6.14. The highest BCUT2D eigenvalue weighted by molar-refractivity contribution is 6.22. The first-order chi connectivity index (χ1) is 21.5. The van der Waals surface area contributed by atoms with E-state index in [1.165, 1.54) is 12.1 Å². The molecule has 11 nitrogen and oxygen atoms in total. The molecule has 1 aliphatic heterocycles. The molecule has 0 saturated carbocycles. The second kappa shape index (κ2) is 13.1. The van der Waals surface area contributed by atoms with Gasteiger partial charge in [-0.05, 0) is 54.6 Å². The van der Waals surface area contributed by atoms with E-state index in [0.29, 0.717) is 17.0 Å². The van der Waals surface area contributed by atoms with Crippen LogP contribution in [0.25, 0.3) is 0 Å². The molecule has 1 heterocycles. The number of nitrogens with zero attached hydrogens (tertiary/aromatic N) is 1. The smallest absolute Gasteiger partial charge is 0.416 e. The van der Waals surface area contributed by atoms with Crippen LogP contribution in [-0.4, -0.2) is 60.2 Å². The fourth-order valence-corrected chi connectivity index (χ4v) is 4.04. The van der Waals surface area contributed by atoms with E-state index in [-0.39, 0.29) is 28.1 Å². The fourth-order valence-electron chi connectivity index (χ4n) is 4.04. The van der Waals surface area contributed by atoms with Gasteiger partial charge < -0.3 is 20.1 Å². The molecular weight excluding hydrogens is 632 g/mol. The summed E-state index contributed by atoms with van der Waals surface area (Å²) in [6.45, 7) is -2.80. The van der Waals surface area contributed by atoms with Gasteiger partial charge in [-0.25, -0.2) is 4.79 Å². The first kappa shape index (κ1) is 33.2. The maximum absolute atomic E-state index is 12.9. The topological polar surface area (TPSA) is 148 Å². The minimum absolute atomic E-state index is 0.195. The molecule has 0 aromatic heterocycles. The summed E-state index contributed by atoms with van der Waals surface area (Å²) in [5.41, 5.74) is -3.23. The SMILES string of the molecule is O=C(COC(=O)CN1C(=O)c2ccc(C(=O)OCC(=O)Nc3cccc(C(F)(F)F)c3)cc2C1=O)Nc1cccc(C(F)(F)F)c1. The number of imide groups is 1. The van der Waals surface area contributed by atoms with Crippen LogP contribution < -0.4 is 10.6 Å². The van der Waals surface area contributed by atoms with E-state index in [4.69, 9.17) is 9.47 Å². The number of alkyl halides is 6. The summed E-state index contributed by atoms with van der Waals surface area (Å²) >= 11 is 0. The van der Waals surface area contributed by atoms with E-state index in [1.54, 1.807) is 0 Å². The van der Waals surface area contributed by atoms with Crippen molar-refractivity contribution in [1.82, 2.24) is 4.90 Å². The summed E-state index contributed by atoms with van der Waals surface area (Å²) in [4.78, 5) is 74.8. The lowest BCUT2D eigenvalue weighted by molar-refractivity contribution is -0.147. The lowest BCUT2D eigenvalue weighted by Crippen LogP contribution is -2.36. The fraction of sp³-hybridized carbons (Fsp3) is 0.172. The van der Waals surface area contributed by atoms with Crippen molar-refractivity contribution in [3.05, 3.63) is 94.5 Å². The largest absolute Gasteiger partial charge is 0.454 e. The summed E-state index contributed by atoms with van der Waals surface area (Å²) in [5.74, 6) is -6.24. The van der Waals surface area contributed by atoms with Gasteiger partial charge >= 0.3 is 24.3 Å². The van der Waals surface area contributed by atoms with Gasteiger partial charge in [0.1, 0.15) is 6.54 Å². The van der Waals surface area contributed by atoms with Gasteiger partial charge in [-0.3, -0.25) is 28.9 Å². The second-order valence-corrected chi connectivity index (χ2v) is 9.45. The van der Waals surface area contributed by atoms with Crippen LogP contribution in [0.2, 0.25) is 0 Å². The zero-order valence-electron chi connectivity index (χ0n) is 23.0. The highest BCUT2D eigenvalue weighted by Crippen LogP contribution is 2.31. The Morgan fingerprint density at radius 1 is 0.652 bits per heavy atom. The van der Waals surface area contributed by atoms with Gasteiger partial charge in [0.05, 0.1) is 27.8 Å². The maximum Gasteiger partial charge on any atom is 0.416 e. The molecule has 4 amide bonds. The molecular formula is C29H19F6N3O8. The molecule has 4 rings (SSSR count). The van der Waals surface area contributed by atoms with E-state index in [2.05, 4.69) is 10.6 Å². The van der Waals surface area contributed by atoms with Gasteiger partial charge in [0.25, 0.3) is 23.6 Å². The maximum atomic E-state index is 12.9. The summed E-state index contributed by atoms with van der Waals surface area (Å²) in [7, 11) is 0. The summed E-state index contributed by atoms with van der Waals surface area (Å²) in [5, 5.41) is 4.26. The molecule has 2 N–H and O–H groups in total. The average molecular weight is 651 g/mol. The van der Waals surface area contributed by atoms with E-state index in [9.17, 15) is 55.1 Å². The Balaban J connectivity index is 1.29. The molecule has 0 atom stereocenters. The van der Waals surface area contributed by atoms with Crippen molar-refractivity contribution in [1.29, 1.82) is 0 Å². The molecule has 1 aliphatic rings. The molecule has 17 heteroatoms. The molecule has 0 aliphatic carbocycles. The minimum Gasteiger partial charge on any atom is -0.454 e. The molecule has 3 aromatic rings. The minimum atomic E-state index is -4.66. The van der Waals surface area contributed by atoms with Gasteiger partial charge in [0.2, 0.25) is 0 Å². The molecule has 0 saturated heterocycles. The Morgan fingerprint density at radius 2 is 1.15 bits per heavy atom. The van der Waals surface area contributed by atoms with Crippen molar-refractivity contribution in [2.75, 3.05) is 30.4 Å². The van der Waals surface area contributed by atoms with Crippen LogP contribution in [0.5, 0.6) is 0 Å². The predicted molar refractivity (Wildman–Crippen MR) is 143 cm³/mol. The molecule has 0 fully saturated rings. The molecule has 0 spiro atoms. The zero-order valence-corrected chi connectivity index (χ0v) is 23.0. The number of fused-ring (bicyclic) bond motifs is 1. The Kier molecular flexibility index (Phi) is 9.44. The van der Waals surface area contributed by atoms with Gasteiger partial charge in [-0.1, -0.05) is 12.1 Å². The molecule has 240 valence electrons. The van der Waals surface area contributed by atoms with E-state index in [0.717, 1.165) is 42.5 Å². The molecule has 0 radical (unpaired) electrons. The predicted octanol–water partition coefficient (Wildman–Crippen LogP) is 4.30. The van der Waals surface area contributed by atoms with Crippen LogP contribution in [0.3, 0.4) is 0 Å². The number of rotatable bonds is 9. The van der Waals surface area contributed by atoms with Crippen LogP contribution in [-0.2, 0) is 36.2 Å². The quantitative estimate of drug-likeness (QED) is 0.198. The summed E-state index contributed by atoms with van der Waals surface area (Å²) < 4.78 is 86.6. The lowest BCUT2D eigenvalue weighted by atomic mass is 10.1. The van der Waals surface area contributed by atoms with Crippen LogP contribution >= 0.6 is 0 Å². The van der Waals surface area contributed by atoms with E-state index in [1.807, 2.05) is 0 Å². The van der Waals surface area contributed by atoms with Gasteiger partial charge in [0.15, 0.2) is 13.2 Å². The van der Waals surface area contributed by atoms with Crippen LogP contribution in [0.4, 0.5) is 37.7 Å². The van der Waals surface area contributed by atoms with Crippen molar-refractivity contribution in [3.8, 4) is 0 Å². The molecule has 46 heavy (non-hydrogen) atoms. The van der Waals surface area contributed by atoms with Gasteiger partial charge in [0, 0.05) is 11.4 Å². The van der Waals surface area contributed by atoms with Crippen molar-refractivity contribution in [2.24, 2.45) is 0 Å². The number of benzene rings is 3. The summed E-state index contributed by atoms with van der Waals surface area (Å²) in [6, 6.07) is 10.6. The average Bonchev–Trinajstić information content (AvgIpc) is 3.22. The highest BCUT2D eigenvalue weighted by Gasteiger charge is 2.38. The summed E-state index contributed by atoms with van der Waals surface area (Å²) in [6.07, 6.45) is -9.31. The van der Waals surface area contributed by atoms with Crippen molar-refractivity contribution >= 4 is 46.9 Å². The Labute approximate surface area is 254 Å². The van der Waals surface area contributed by atoms with Gasteiger partial charge in [-0.2, -0.15) is 26.3 Å². The van der Waals surface area contributed by atoms with Crippen molar-refractivity contribution in [2.45, 2.75) is 12.4 Å². The monoisotopic (exact) mass is 651 g/mol. The molecule has 0 bridgehead atoms. The number of ether oxygens (including phenoxy) is 2. The van der Waals surface area contributed by atoms with E-state index < -0.39 is 78.8 Å². The van der Waals surface area contributed by atoms with Crippen LogP contribution in [0.15, 0.2) is 66.7 Å². The lowest BCUT2D eigenvalue weighted by Gasteiger charge is -2.13. The standard InChI is InChI=1S/C29H19F6N3O8/c30-28(31,32)16-3-1-5-18(10-16)36-22(39)13-45-24(41)12-38-25(42)20-8-7-15(9-21(20)26(38)43)27(44)46-14-23(40)37-19-6-2-4-17(11-19)29(33,34)35/h1-11H,12-14H2,(H,36,39)(H,37,40). The Morgan fingerprint density at radius 3 is 1.67 bits per heavy atom. The second-order valence-electron chi connectivity index (χ2n) is 9.45. The van der Waals surface area contributed by atoms with Crippen LogP contribution in [0.1, 0.15) is 42.2 Å². The Hall–Kier alpha value is -5.74. The number of anilines is 2. The number of nitrogens with one attached hydrogen (secondary N) is 2. The number of amides is 4. The third kappa shape index (κ3) is 8.04. The number of carbonyl (C=O) groups is 6. The van der Waals surface area contributed by atoms with Crippen LogP contribution in [0, 0.1) is 0 Å². The third-order valence-electron chi connectivity index (χ3n) is 6.14. The van der Waals surface area contributed by atoms with Gasteiger partial charge in [-0.15, -0.1) is 0 Å². The normalized spacial score (nSPS) is 12.8. The van der Waals surface area contributed by atoms with E-state index >= 15 is 0 Å². The first-order valence-corrected chi connectivity index (χ1v) is 12.8. The number of hydrogen-bond acceptors (Lipinski definition) is 8. The van der Waals surface area contributed by atoms with Crippen molar-refractivity contribution < 1.29 is 64.6 Å². The Bertz CT molecular complexity index is 1740. The number of esters is 2. The highest BCUT2D eigenvalue weighted by atomic mass is 19.4. The van der Waals surface area contributed by atoms with Crippen molar-refractivity contribution in [3.63, 3.8) is 0 Å². The number of hydrogen-bond donors (Lipinski definition) is 2.